The number of carboxylic acids is 2. The number of alkyl carbamates (subject to hydrolysis) is 1. The number of carbonyl (C=O) groups is 3. The Hall–Kier alpha value is -3.35. The van der Waals surface area contributed by atoms with Crippen LogP contribution < -0.4 is 5.32 Å². The summed E-state index contributed by atoms with van der Waals surface area (Å²) in [6.07, 6.45) is -0.941. The van der Waals surface area contributed by atoms with E-state index >= 15 is 0 Å². The van der Waals surface area contributed by atoms with Crippen molar-refractivity contribution in [2.45, 2.75) is 44.8 Å². The maximum absolute atomic E-state index is 12.1. The molecule has 1 amide bonds. The van der Waals surface area contributed by atoms with Crippen LogP contribution in [0.1, 0.15) is 44.2 Å². The van der Waals surface area contributed by atoms with Crippen molar-refractivity contribution in [2.75, 3.05) is 0 Å². The fourth-order valence-corrected chi connectivity index (χ4v) is 3.92. The van der Waals surface area contributed by atoms with Crippen LogP contribution in [-0.4, -0.2) is 39.9 Å². The molecule has 0 saturated carbocycles. The van der Waals surface area contributed by atoms with E-state index in [2.05, 4.69) is 5.32 Å². The van der Waals surface area contributed by atoms with Crippen LogP contribution in [0.5, 0.6) is 0 Å². The van der Waals surface area contributed by atoms with Crippen LogP contribution in [0.2, 0.25) is 0 Å². The van der Waals surface area contributed by atoms with Gasteiger partial charge in [-0.25, -0.2) is 9.59 Å². The van der Waals surface area contributed by atoms with E-state index in [1.807, 2.05) is 48.5 Å². The molecule has 2 atom stereocenters. The second-order valence-electron chi connectivity index (χ2n) is 8.37. The summed E-state index contributed by atoms with van der Waals surface area (Å²) < 4.78 is 5.12. The normalized spacial score (nSPS) is 14.9. The van der Waals surface area contributed by atoms with Crippen molar-refractivity contribution < 1.29 is 29.3 Å². The number of rotatable bonds is 6. The molecule has 0 aliphatic heterocycles. The molecule has 7 heteroatoms. The van der Waals surface area contributed by atoms with Crippen LogP contribution in [0.25, 0.3) is 11.1 Å². The molecule has 0 radical (unpaired) electrons. The molecule has 3 N–H and O–H groups in total. The van der Waals surface area contributed by atoms with E-state index in [9.17, 15) is 24.6 Å². The van der Waals surface area contributed by atoms with Crippen molar-refractivity contribution in [3.63, 3.8) is 0 Å². The van der Waals surface area contributed by atoms with Crippen molar-refractivity contribution in [3.05, 3.63) is 59.7 Å². The molecule has 3 rings (SSSR count). The Balaban J connectivity index is 1.92. The van der Waals surface area contributed by atoms with Crippen LogP contribution in [0.4, 0.5) is 4.79 Å². The van der Waals surface area contributed by atoms with Crippen LogP contribution >= 0.6 is 0 Å². The van der Waals surface area contributed by atoms with Gasteiger partial charge in [0.25, 0.3) is 0 Å². The van der Waals surface area contributed by atoms with E-state index in [1.165, 1.54) is 0 Å². The van der Waals surface area contributed by atoms with E-state index in [4.69, 9.17) is 4.74 Å². The van der Waals surface area contributed by atoms with Gasteiger partial charge >= 0.3 is 18.0 Å². The lowest BCUT2D eigenvalue weighted by Crippen LogP contribution is -2.50. The third-order valence-electron chi connectivity index (χ3n) is 5.11. The van der Waals surface area contributed by atoms with Gasteiger partial charge in [-0.1, -0.05) is 48.5 Å². The summed E-state index contributed by atoms with van der Waals surface area (Å²) in [5.41, 5.74) is 3.08. The van der Waals surface area contributed by atoms with Gasteiger partial charge in [-0.2, -0.15) is 0 Å². The highest BCUT2D eigenvalue weighted by atomic mass is 16.6. The molecule has 2 aromatic rings. The molecule has 1 aliphatic carbocycles. The van der Waals surface area contributed by atoms with E-state index in [1.54, 1.807) is 20.8 Å². The summed E-state index contributed by atoms with van der Waals surface area (Å²) >= 11 is 0. The predicted octanol–water partition coefficient (Wildman–Crippen LogP) is 3.87. The number of fused-ring (bicyclic) bond motifs is 3. The summed E-state index contributed by atoms with van der Waals surface area (Å²) in [5.74, 6) is -4.35. The van der Waals surface area contributed by atoms with Crippen LogP contribution in [0.15, 0.2) is 48.5 Å². The molecule has 158 valence electrons. The molecule has 0 heterocycles. The van der Waals surface area contributed by atoms with Crippen molar-refractivity contribution >= 4 is 18.0 Å². The minimum absolute atomic E-state index is 0.0239. The van der Waals surface area contributed by atoms with Gasteiger partial charge in [0.2, 0.25) is 0 Å². The molecule has 2 aromatic carbocycles. The highest BCUT2D eigenvalue weighted by Crippen LogP contribution is 2.47. The number of carboxylic acid groups (broad SMARTS) is 2. The van der Waals surface area contributed by atoms with Gasteiger partial charge in [0.15, 0.2) is 0 Å². The highest BCUT2D eigenvalue weighted by molar-refractivity contribution is 5.87. The molecule has 0 bridgehead atoms. The molecule has 1 unspecified atom stereocenters. The third-order valence-corrected chi connectivity index (χ3v) is 5.11. The smallest absolute Gasteiger partial charge is 0.408 e. The van der Waals surface area contributed by atoms with E-state index in [0.717, 1.165) is 22.3 Å². The average Bonchev–Trinajstić information content (AvgIpc) is 2.97. The molecule has 0 saturated heterocycles. The van der Waals surface area contributed by atoms with Gasteiger partial charge in [0, 0.05) is 5.92 Å². The second-order valence-corrected chi connectivity index (χ2v) is 8.37. The van der Waals surface area contributed by atoms with Crippen LogP contribution in [0.3, 0.4) is 0 Å². The first-order valence-electron chi connectivity index (χ1n) is 9.72. The quantitative estimate of drug-likeness (QED) is 0.665. The number of benzene rings is 2. The van der Waals surface area contributed by atoms with Crippen LogP contribution in [0, 0.1) is 5.92 Å². The summed E-state index contributed by atoms with van der Waals surface area (Å²) in [7, 11) is 0. The van der Waals surface area contributed by atoms with Crippen molar-refractivity contribution in [1.82, 2.24) is 5.32 Å². The lowest BCUT2D eigenvalue weighted by molar-refractivity contribution is -0.151. The predicted molar refractivity (Wildman–Crippen MR) is 110 cm³/mol. The van der Waals surface area contributed by atoms with Gasteiger partial charge in [-0.05, 0) is 49.4 Å². The van der Waals surface area contributed by atoms with Crippen molar-refractivity contribution in [3.8, 4) is 11.1 Å². The standard InChI is InChI=1S/C23H25NO6/c1-23(2,3)30-22(29)24-19(21(27)28)18(20(25)26)12-17-15-10-6-4-8-13(15)14-9-5-7-11-16(14)17/h4-11,17-19H,12H2,1-3H3,(H,24,29)(H,25,26)(H,27,28)/t18?,19-/m0/s1. The van der Waals surface area contributed by atoms with Gasteiger partial charge < -0.3 is 20.3 Å². The maximum atomic E-state index is 12.1. The topological polar surface area (TPSA) is 113 Å². The third kappa shape index (κ3) is 4.45. The molecule has 1 aliphatic rings. The molecule has 0 aromatic heterocycles. The Bertz CT molecular complexity index is 932. The molecule has 0 spiro atoms. The zero-order valence-electron chi connectivity index (χ0n) is 17.1. The summed E-state index contributed by atoms with van der Waals surface area (Å²) in [6.45, 7) is 4.93. The highest BCUT2D eigenvalue weighted by Gasteiger charge is 2.40. The number of ether oxygens (including phenoxy) is 1. The lowest BCUT2D eigenvalue weighted by atomic mass is 9.83. The number of amides is 1. The fraction of sp³-hybridized carbons (Fsp3) is 0.348. The van der Waals surface area contributed by atoms with Crippen molar-refractivity contribution in [2.24, 2.45) is 5.92 Å². The van der Waals surface area contributed by atoms with Crippen LogP contribution in [-0.2, 0) is 14.3 Å². The number of hydrogen-bond donors (Lipinski definition) is 3. The zero-order chi connectivity index (χ0) is 22.1. The largest absolute Gasteiger partial charge is 0.481 e. The van der Waals surface area contributed by atoms with E-state index in [-0.39, 0.29) is 12.3 Å². The molecule has 7 nitrogen and oxygen atoms in total. The van der Waals surface area contributed by atoms with Gasteiger partial charge in [0.05, 0.1) is 5.92 Å². The minimum Gasteiger partial charge on any atom is -0.481 e. The lowest BCUT2D eigenvalue weighted by Gasteiger charge is -2.26. The van der Waals surface area contributed by atoms with E-state index < -0.39 is 35.6 Å². The molecule has 30 heavy (non-hydrogen) atoms. The first-order chi connectivity index (χ1) is 14.1. The SMILES string of the molecule is CC(C)(C)OC(=O)N[C@H](C(=O)O)C(CC1c2ccccc2-c2ccccc21)C(=O)O. The first-order valence-corrected chi connectivity index (χ1v) is 9.72. The fourth-order valence-electron chi connectivity index (χ4n) is 3.92. The van der Waals surface area contributed by atoms with E-state index in [0.29, 0.717) is 0 Å². The molecular weight excluding hydrogens is 386 g/mol. The Kier molecular flexibility index (Phi) is 5.82. The summed E-state index contributed by atoms with van der Waals surface area (Å²) in [5, 5.41) is 21.7. The summed E-state index contributed by atoms with van der Waals surface area (Å²) in [6, 6.07) is 13.7. The number of carbonyl (C=O) groups excluding carboxylic acids is 1. The second kappa shape index (κ2) is 8.18. The first kappa shape index (κ1) is 21.4. The molecular formula is C23H25NO6. The van der Waals surface area contributed by atoms with Gasteiger partial charge in [-0.3, -0.25) is 4.79 Å². The number of aliphatic carboxylic acids is 2. The number of nitrogens with one attached hydrogen (secondary N) is 1. The minimum atomic E-state index is -1.63. The summed E-state index contributed by atoms with van der Waals surface area (Å²) in [4.78, 5) is 36.1. The number of hydrogen-bond acceptors (Lipinski definition) is 4. The Morgan fingerprint density at radius 1 is 0.933 bits per heavy atom. The van der Waals surface area contributed by atoms with Gasteiger partial charge in [0.1, 0.15) is 11.6 Å². The molecule has 0 fully saturated rings. The zero-order valence-corrected chi connectivity index (χ0v) is 17.1. The monoisotopic (exact) mass is 411 g/mol. The van der Waals surface area contributed by atoms with Gasteiger partial charge in [-0.15, -0.1) is 0 Å². The average molecular weight is 411 g/mol. The Morgan fingerprint density at radius 2 is 1.43 bits per heavy atom. The Labute approximate surface area is 174 Å². The maximum Gasteiger partial charge on any atom is 0.408 e. The van der Waals surface area contributed by atoms with Crippen molar-refractivity contribution in [1.29, 1.82) is 0 Å². The Morgan fingerprint density at radius 3 is 1.87 bits per heavy atom.